The number of carbonyl (C=O) groups excluding carboxylic acids is 2. The van der Waals surface area contributed by atoms with Gasteiger partial charge in [-0.05, 0) is 59.2 Å². The molecule has 1 spiro atoms. The van der Waals surface area contributed by atoms with Gasteiger partial charge in [0.15, 0.2) is 0 Å². The van der Waals surface area contributed by atoms with Crippen LogP contribution in [0.2, 0.25) is 0 Å². The molecule has 3 aromatic rings. The number of likely N-dealkylation sites (N-methyl/N-ethyl adjacent to an activating group) is 1. The number of nitrogens with zero attached hydrogens (tertiary/aromatic N) is 1. The summed E-state index contributed by atoms with van der Waals surface area (Å²) in [5.74, 6) is 0.249. The molecule has 38 heavy (non-hydrogen) atoms. The maximum Gasteiger partial charge on any atom is 0.249 e. The molecule has 0 saturated heterocycles. The van der Waals surface area contributed by atoms with Crippen LogP contribution in [0, 0.1) is 0 Å². The molecule has 0 fully saturated rings. The molecule has 2 amide bonds. The van der Waals surface area contributed by atoms with Crippen LogP contribution in [0.25, 0.3) is 6.08 Å². The fourth-order valence-electron chi connectivity index (χ4n) is 5.73. The number of nitrogens with one attached hydrogen (secondary N) is 2. The standard InChI is InChI=1S/C33H37N3O2/c1-4-23(2)26-14-16-27(17-15-26)36(3)32(38)30-20-25-10-7-9-24(19-25)11-8-18-33(21-31(37)35-30)22-34-29-13-6-5-12-28(29)33/h5-17,19,23,30,34H,4,18,20-22H2,1-3H3,(H,35,37)/b11-8+. The highest BCUT2D eigenvalue weighted by atomic mass is 16.2. The zero-order valence-electron chi connectivity index (χ0n) is 22.5. The first-order valence-electron chi connectivity index (χ1n) is 13.6. The van der Waals surface area contributed by atoms with Gasteiger partial charge in [-0.3, -0.25) is 9.59 Å². The molecule has 0 radical (unpaired) electrons. The van der Waals surface area contributed by atoms with Crippen LogP contribution in [0.4, 0.5) is 11.4 Å². The van der Waals surface area contributed by atoms with Crippen LogP contribution in [0.1, 0.15) is 61.3 Å². The third-order valence-corrected chi connectivity index (χ3v) is 8.25. The van der Waals surface area contributed by atoms with Crippen LogP contribution in [0.3, 0.4) is 0 Å². The van der Waals surface area contributed by atoms with Crippen LogP contribution in [-0.4, -0.2) is 31.4 Å². The number of rotatable bonds is 4. The fourth-order valence-corrected chi connectivity index (χ4v) is 5.73. The van der Waals surface area contributed by atoms with Crippen molar-refractivity contribution < 1.29 is 9.59 Å². The van der Waals surface area contributed by atoms with Gasteiger partial charge in [-0.2, -0.15) is 0 Å². The topological polar surface area (TPSA) is 61.4 Å². The minimum absolute atomic E-state index is 0.104. The second-order valence-corrected chi connectivity index (χ2v) is 10.8. The van der Waals surface area contributed by atoms with Gasteiger partial charge in [-0.25, -0.2) is 0 Å². The smallest absolute Gasteiger partial charge is 0.249 e. The summed E-state index contributed by atoms with van der Waals surface area (Å²) >= 11 is 0. The molecular formula is C33H37N3O2. The van der Waals surface area contributed by atoms with E-state index in [1.54, 1.807) is 11.9 Å². The Morgan fingerprint density at radius 2 is 1.87 bits per heavy atom. The van der Waals surface area contributed by atoms with Crippen molar-refractivity contribution in [2.24, 2.45) is 0 Å². The number of allylic oxidation sites excluding steroid dienone is 1. The number of hydrogen-bond donors (Lipinski definition) is 2. The molecule has 2 bridgehead atoms. The van der Waals surface area contributed by atoms with Gasteiger partial charge < -0.3 is 15.5 Å². The molecule has 2 aliphatic rings. The van der Waals surface area contributed by atoms with E-state index in [-0.39, 0.29) is 17.2 Å². The summed E-state index contributed by atoms with van der Waals surface area (Å²) in [4.78, 5) is 29.1. The largest absolute Gasteiger partial charge is 0.384 e. The number of hydrogen-bond acceptors (Lipinski definition) is 3. The average Bonchev–Trinajstić information content (AvgIpc) is 3.29. The second kappa shape index (κ2) is 10.9. The van der Waals surface area contributed by atoms with E-state index in [0.717, 1.165) is 40.9 Å². The SMILES string of the molecule is CCC(C)c1ccc(N(C)C(=O)C2Cc3cccc(c3)/C=C/CC3(CNc4ccccc43)CC(=O)N2)cc1. The van der Waals surface area contributed by atoms with Crippen molar-refractivity contribution in [1.82, 2.24) is 5.32 Å². The van der Waals surface area contributed by atoms with Crippen LogP contribution >= 0.6 is 0 Å². The van der Waals surface area contributed by atoms with Gasteiger partial charge in [0, 0.05) is 43.2 Å². The Morgan fingerprint density at radius 1 is 1.08 bits per heavy atom. The molecule has 2 heterocycles. The van der Waals surface area contributed by atoms with Gasteiger partial charge >= 0.3 is 0 Å². The van der Waals surface area contributed by atoms with Crippen molar-refractivity contribution in [2.45, 2.75) is 56.9 Å². The highest BCUT2D eigenvalue weighted by Gasteiger charge is 2.40. The first-order chi connectivity index (χ1) is 18.4. The van der Waals surface area contributed by atoms with Gasteiger partial charge in [0.25, 0.3) is 0 Å². The Morgan fingerprint density at radius 3 is 2.66 bits per heavy atom. The van der Waals surface area contributed by atoms with E-state index in [0.29, 0.717) is 25.3 Å². The Kier molecular flexibility index (Phi) is 7.37. The van der Waals surface area contributed by atoms with Gasteiger partial charge in [-0.1, -0.05) is 80.6 Å². The lowest BCUT2D eigenvalue weighted by Gasteiger charge is -2.30. The Labute approximate surface area is 226 Å². The molecule has 3 aromatic carbocycles. The van der Waals surface area contributed by atoms with E-state index in [1.165, 1.54) is 5.56 Å². The molecule has 2 N–H and O–H groups in total. The third kappa shape index (κ3) is 5.24. The monoisotopic (exact) mass is 507 g/mol. The average molecular weight is 508 g/mol. The van der Waals surface area contributed by atoms with Crippen LogP contribution in [0.5, 0.6) is 0 Å². The van der Waals surface area contributed by atoms with Crippen molar-refractivity contribution in [2.75, 3.05) is 23.8 Å². The minimum Gasteiger partial charge on any atom is -0.384 e. The van der Waals surface area contributed by atoms with Gasteiger partial charge in [0.05, 0.1) is 0 Å². The van der Waals surface area contributed by atoms with Crippen molar-refractivity contribution in [1.29, 1.82) is 0 Å². The Bertz CT molecular complexity index is 1350. The zero-order chi connectivity index (χ0) is 26.7. The summed E-state index contributed by atoms with van der Waals surface area (Å²) in [5.41, 5.74) is 6.09. The Hall–Kier alpha value is -3.86. The zero-order valence-corrected chi connectivity index (χ0v) is 22.5. The van der Waals surface area contributed by atoms with Gasteiger partial charge in [-0.15, -0.1) is 0 Å². The highest BCUT2D eigenvalue weighted by molar-refractivity contribution is 5.99. The minimum atomic E-state index is -0.665. The lowest BCUT2D eigenvalue weighted by molar-refractivity contribution is -0.128. The van der Waals surface area contributed by atoms with Crippen LogP contribution in [-0.2, 0) is 21.4 Å². The van der Waals surface area contributed by atoms with E-state index >= 15 is 0 Å². The molecule has 196 valence electrons. The van der Waals surface area contributed by atoms with E-state index in [1.807, 2.05) is 36.4 Å². The summed E-state index contributed by atoms with van der Waals surface area (Å²) in [6.45, 7) is 5.07. The quantitative estimate of drug-likeness (QED) is 0.451. The lowest BCUT2D eigenvalue weighted by atomic mass is 9.76. The molecule has 5 nitrogen and oxygen atoms in total. The first-order valence-corrected chi connectivity index (χ1v) is 13.6. The maximum atomic E-state index is 13.8. The Balaban J connectivity index is 1.45. The number of anilines is 2. The molecule has 0 aromatic heterocycles. The van der Waals surface area contributed by atoms with E-state index in [2.05, 4.69) is 73.0 Å². The van der Waals surface area contributed by atoms with Crippen molar-refractivity contribution in [3.05, 3.63) is 101 Å². The maximum absolute atomic E-state index is 13.8. The summed E-state index contributed by atoms with van der Waals surface area (Å²) in [5, 5.41) is 6.63. The second-order valence-electron chi connectivity index (χ2n) is 10.8. The van der Waals surface area contributed by atoms with E-state index in [9.17, 15) is 9.59 Å². The van der Waals surface area contributed by atoms with Crippen molar-refractivity contribution in [3.63, 3.8) is 0 Å². The van der Waals surface area contributed by atoms with Gasteiger partial charge in [0.1, 0.15) is 6.04 Å². The molecule has 3 atom stereocenters. The first kappa shape index (κ1) is 25.8. The summed E-state index contributed by atoms with van der Waals surface area (Å²) in [7, 11) is 1.79. The summed E-state index contributed by atoms with van der Waals surface area (Å²) in [6.07, 6.45) is 6.86. The van der Waals surface area contributed by atoms with E-state index in [4.69, 9.17) is 0 Å². The molecular weight excluding hydrogens is 470 g/mol. The third-order valence-electron chi connectivity index (χ3n) is 8.25. The molecule has 5 heteroatoms. The van der Waals surface area contributed by atoms with Gasteiger partial charge in [0.2, 0.25) is 11.8 Å². The summed E-state index contributed by atoms with van der Waals surface area (Å²) < 4.78 is 0. The van der Waals surface area contributed by atoms with Crippen molar-refractivity contribution in [3.8, 4) is 0 Å². The molecule has 0 aliphatic carbocycles. The number of benzene rings is 3. The number of amides is 2. The predicted octanol–water partition coefficient (Wildman–Crippen LogP) is 6.06. The fraction of sp³-hybridized carbons (Fsp3) is 0.333. The molecule has 2 aliphatic heterocycles. The normalized spacial score (nSPS) is 22.3. The van der Waals surface area contributed by atoms with Crippen molar-refractivity contribution >= 4 is 29.3 Å². The van der Waals surface area contributed by atoms with Crippen LogP contribution < -0.4 is 15.5 Å². The number of carbonyl (C=O) groups is 2. The van der Waals surface area contributed by atoms with E-state index < -0.39 is 6.04 Å². The predicted molar refractivity (Wildman–Crippen MR) is 156 cm³/mol. The molecule has 0 saturated carbocycles. The number of para-hydroxylation sites is 1. The highest BCUT2D eigenvalue weighted by Crippen LogP contribution is 2.42. The summed E-state index contributed by atoms with van der Waals surface area (Å²) in [6, 6.07) is 24.0. The lowest BCUT2D eigenvalue weighted by Crippen LogP contribution is -2.50. The molecule has 5 rings (SSSR count). The van der Waals surface area contributed by atoms with Crippen LogP contribution in [0.15, 0.2) is 78.9 Å². The molecule has 3 unspecified atom stereocenters. The number of fused-ring (bicyclic) bond motifs is 4.